The van der Waals surface area contributed by atoms with Gasteiger partial charge in [-0.1, -0.05) is 151 Å². The molecule has 0 aromatic heterocycles. The van der Waals surface area contributed by atoms with Crippen molar-refractivity contribution < 1.29 is 56.8 Å². The summed E-state index contributed by atoms with van der Waals surface area (Å²) in [4.78, 5) is 25.4. The average Bonchev–Trinajstić information content (AvgIpc) is 3.21. The molecule has 0 aromatic carbocycles. The standard InChI is InChI=1S/C47H78O12S/c1-3-5-7-9-11-13-15-17-18-19-20-21-22-24-25-27-29-31-33-35-42(48)56-37-40(38-57-47-46(52)45(51)44(50)41(59-47)39-60(53,54)55)58-43(49)36-34-32-30-28-26-23-16-14-12-10-8-6-4-2/h5-8,10-14,16-18,40-41,44-47,50-52H,3-4,9,15,19-39H2,1-2H3,(H,53,54,55)/b7-5+,8-6+,12-10+,13-11+,16-14+,18-17+/t40?,41-,44-,45?,46?,47+/m1/s1. The van der Waals surface area contributed by atoms with E-state index < -0.39 is 71.2 Å². The molecule has 1 aliphatic heterocycles. The van der Waals surface area contributed by atoms with Gasteiger partial charge in [0.15, 0.2) is 12.4 Å². The number of aliphatic hydroxyl groups is 3. The topological polar surface area (TPSA) is 186 Å². The van der Waals surface area contributed by atoms with Crippen LogP contribution in [0, 0.1) is 0 Å². The zero-order valence-corrected chi connectivity index (χ0v) is 37.3. The molecule has 1 fully saturated rings. The number of ether oxygens (including phenoxy) is 4. The second kappa shape index (κ2) is 36.7. The van der Waals surface area contributed by atoms with Crippen molar-refractivity contribution >= 4 is 22.1 Å². The van der Waals surface area contributed by atoms with Crippen molar-refractivity contribution in [3.05, 3.63) is 72.9 Å². The first-order valence-corrected chi connectivity index (χ1v) is 24.1. The molecule has 0 saturated carbocycles. The molecule has 0 aromatic rings. The molecule has 0 spiro atoms. The summed E-state index contributed by atoms with van der Waals surface area (Å²) in [6.07, 6.45) is 36.6. The summed E-state index contributed by atoms with van der Waals surface area (Å²) in [6, 6.07) is 0. The van der Waals surface area contributed by atoms with Gasteiger partial charge in [0.2, 0.25) is 0 Å². The number of carbonyl (C=O) groups is 2. The van der Waals surface area contributed by atoms with Gasteiger partial charge < -0.3 is 34.3 Å². The molecule has 1 rings (SSSR count). The van der Waals surface area contributed by atoms with E-state index in [0.29, 0.717) is 12.8 Å². The Labute approximate surface area is 361 Å². The highest BCUT2D eigenvalue weighted by Gasteiger charge is 2.46. The quantitative estimate of drug-likeness (QED) is 0.0154. The largest absolute Gasteiger partial charge is 0.462 e. The van der Waals surface area contributed by atoms with Crippen molar-refractivity contribution in [2.24, 2.45) is 0 Å². The molecule has 0 bridgehead atoms. The van der Waals surface area contributed by atoms with Crippen LogP contribution in [-0.4, -0.2) is 96.0 Å². The summed E-state index contributed by atoms with van der Waals surface area (Å²) in [5.74, 6) is -2.03. The molecule has 6 atom stereocenters. The van der Waals surface area contributed by atoms with Crippen molar-refractivity contribution in [3.8, 4) is 0 Å². The highest BCUT2D eigenvalue weighted by molar-refractivity contribution is 7.85. The first-order chi connectivity index (χ1) is 29.0. The zero-order valence-electron chi connectivity index (χ0n) is 36.5. The smallest absolute Gasteiger partial charge is 0.306 e. The number of unbranched alkanes of at least 4 members (excludes halogenated alkanes) is 14. The van der Waals surface area contributed by atoms with E-state index in [2.05, 4.69) is 62.5 Å². The van der Waals surface area contributed by atoms with Crippen LogP contribution in [0.3, 0.4) is 0 Å². The maximum absolute atomic E-state index is 12.8. The van der Waals surface area contributed by atoms with E-state index >= 15 is 0 Å². The van der Waals surface area contributed by atoms with Crippen LogP contribution in [0.25, 0.3) is 0 Å². The molecule has 0 radical (unpaired) electrons. The van der Waals surface area contributed by atoms with Gasteiger partial charge in [-0.2, -0.15) is 8.42 Å². The summed E-state index contributed by atoms with van der Waals surface area (Å²) in [7, 11) is -4.61. The minimum Gasteiger partial charge on any atom is -0.462 e. The second-order valence-electron chi connectivity index (χ2n) is 15.4. The second-order valence-corrected chi connectivity index (χ2v) is 16.9. The Balaban J connectivity index is 2.43. The lowest BCUT2D eigenvalue weighted by Gasteiger charge is -2.40. The van der Waals surface area contributed by atoms with Gasteiger partial charge >= 0.3 is 11.9 Å². The van der Waals surface area contributed by atoms with E-state index in [9.17, 15) is 37.9 Å². The highest BCUT2D eigenvalue weighted by Crippen LogP contribution is 2.24. The van der Waals surface area contributed by atoms with Crippen molar-refractivity contribution in [3.63, 3.8) is 0 Å². The molecule has 60 heavy (non-hydrogen) atoms. The number of hydrogen-bond donors (Lipinski definition) is 4. The minimum absolute atomic E-state index is 0.136. The molecule has 13 heteroatoms. The van der Waals surface area contributed by atoms with E-state index in [1.54, 1.807) is 0 Å². The zero-order chi connectivity index (χ0) is 44.1. The Hall–Kier alpha value is -2.91. The van der Waals surface area contributed by atoms with Crippen LogP contribution in [0.4, 0.5) is 0 Å². The number of carbonyl (C=O) groups excluding carboxylic acids is 2. The van der Waals surface area contributed by atoms with E-state index in [0.717, 1.165) is 83.5 Å². The van der Waals surface area contributed by atoms with Gasteiger partial charge in [0.05, 0.1) is 6.61 Å². The van der Waals surface area contributed by atoms with Crippen molar-refractivity contribution in [2.45, 2.75) is 192 Å². The summed E-state index contributed by atoms with van der Waals surface area (Å²) >= 11 is 0. The van der Waals surface area contributed by atoms with Crippen LogP contribution < -0.4 is 0 Å². The normalized spacial score (nSPS) is 20.8. The monoisotopic (exact) mass is 867 g/mol. The van der Waals surface area contributed by atoms with Crippen LogP contribution in [0.1, 0.15) is 155 Å². The number of esters is 2. The number of aliphatic hydroxyl groups excluding tert-OH is 3. The lowest BCUT2D eigenvalue weighted by atomic mass is 10.00. The predicted octanol–water partition coefficient (Wildman–Crippen LogP) is 9.11. The molecule has 1 heterocycles. The van der Waals surface area contributed by atoms with E-state index in [4.69, 9.17) is 18.9 Å². The van der Waals surface area contributed by atoms with Gasteiger partial charge in [-0.3, -0.25) is 14.1 Å². The Morgan fingerprint density at radius 2 is 1.08 bits per heavy atom. The maximum atomic E-state index is 12.8. The molecule has 344 valence electrons. The van der Waals surface area contributed by atoms with Gasteiger partial charge in [0.25, 0.3) is 10.1 Å². The lowest BCUT2D eigenvalue weighted by molar-refractivity contribution is -0.297. The molecular formula is C47H78O12S. The minimum atomic E-state index is -4.61. The van der Waals surface area contributed by atoms with Crippen LogP contribution in [0.15, 0.2) is 72.9 Å². The average molecular weight is 867 g/mol. The van der Waals surface area contributed by atoms with E-state index in [1.165, 1.54) is 32.1 Å². The van der Waals surface area contributed by atoms with Crippen molar-refractivity contribution in [1.82, 2.24) is 0 Å². The molecule has 1 aliphatic rings. The number of hydrogen-bond acceptors (Lipinski definition) is 11. The SMILES string of the molecule is CC/C=C/C=C/C=C/CCCCCCCC(=O)OC(COC(=O)CCCCCCCCCCC/C=C/C/C=C/C/C=C/CC)CO[C@H]1O[C@H](CS(=O)(=O)O)[C@@H](O)C(O)C1O. The van der Waals surface area contributed by atoms with Crippen molar-refractivity contribution in [2.75, 3.05) is 19.0 Å². The first kappa shape index (κ1) is 55.1. The lowest BCUT2D eigenvalue weighted by Crippen LogP contribution is -2.60. The van der Waals surface area contributed by atoms with Gasteiger partial charge in [-0.25, -0.2) is 0 Å². The molecule has 1 saturated heterocycles. The molecule has 0 aliphatic carbocycles. The van der Waals surface area contributed by atoms with E-state index in [-0.39, 0.29) is 19.4 Å². The fourth-order valence-electron chi connectivity index (χ4n) is 6.40. The predicted molar refractivity (Wildman–Crippen MR) is 238 cm³/mol. The van der Waals surface area contributed by atoms with Crippen molar-refractivity contribution in [1.29, 1.82) is 0 Å². The third-order valence-corrected chi connectivity index (χ3v) is 10.6. The van der Waals surface area contributed by atoms with Crippen LogP contribution in [0.5, 0.6) is 0 Å². The summed E-state index contributed by atoms with van der Waals surface area (Å²) < 4.78 is 54.0. The molecule has 4 N–H and O–H groups in total. The Morgan fingerprint density at radius 3 is 1.67 bits per heavy atom. The molecule has 0 amide bonds. The van der Waals surface area contributed by atoms with Crippen LogP contribution >= 0.6 is 0 Å². The number of allylic oxidation sites excluding steroid dienone is 12. The van der Waals surface area contributed by atoms with Gasteiger partial charge in [-0.15, -0.1) is 0 Å². The van der Waals surface area contributed by atoms with E-state index in [1.807, 2.05) is 24.3 Å². The summed E-state index contributed by atoms with van der Waals surface area (Å²) in [5, 5.41) is 30.9. The molecule has 12 nitrogen and oxygen atoms in total. The summed E-state index contributed by atoms with van der Waals surface area (Å²) in [6.45, 7) is 3.48. The van der Waals surface area contributed by atoms with Crippen LogP contribution in [-0.2, 0) is 38.7 Å². The Kier molecular flexibility index (Phi) is 33.7. The Morgan fingerprint density at radius 1 is 0.583 bits per heavy atom. The fourth-order valence-corrected chi connectivity index (χ4v) is 7.09. The van der Waals surface area contributed by atoms with Gasteiger partial charge in [0.1, 0.15) is 36.8 Å². The molecular weight excluding hydrogens is 789 g/mol. The third-order valence-electron chi connectivity index (χ3n) is 9.84. The number of rotatable bonds is 36. The molecule has 3 unspecified atom stereocenters. The maximum Gasteiger partial charge on any atom is 0.306 e. The van der Waals surface area contributed by atoms with Crippen LogP contribution in [0.2, 0.25) is 0 Å². The first-order valence-electron chi connectivity index (χ1n) is 22.5. The van der Waals surface area contributed by atoms with Gasteiger partial charge in [-0.05, 0) is 64.2 Å². The fraction of sp³-hybridized carbons (Fsp3) is 0.702. The third kappa shape index (κ3) is 31.0. The highest BCUT2D eigenvalue weighted by atomic mass is 32.2. The Bertz CT molecular complexity index is 1390. The van der Waals surface area contributed by atoms with Gasteiger partial charge in [0, 0.05) is 12.8 Å². The summed E-state index contributed by atoms with van der Waals surface area (Å²) in [5.41, 5.74) is 0.